The molecule has 1 saturated carbocycles. The first-order chi connectivity index (χ1) is 14.5. The van der Waals surface area contributed by atoms with Crippen LogP contribution in [0.1, 0.15) is 41.3 Å². The molecule has 0 aliphatic heterocycles. The lowest BCUT2D eigenvalue weighted by atomic mass is 10.0. The lowest BCUT2D eigenvalue weighted by molar-refractivity contribution is 0.777. The van der Waals surface area contributed by atoms with Crippen molar-refractivity contribution in [3.8, 4) is 17.1 Å². The van der Waals surface area contributed by atoms with Crippen LogP contribution in [-0.4, -0.2) is 29.5 Å². The van der Waals surface area contributed by atoms with Gasteiger partial charge in [-0.3, -0.25) is 4.68 Å². The fourth-order valence-corrected chi connectivity index (χ4v) is 3.92. The average molecular weight is 400 g/mol. The van der Waals surface area contributed by atoms with Crippen molar-refractivity contribution in [3.63, 3.8) is 0 Å². The smallest absolute Gasteiger partial charge is 0.159 e. The third-order valence-electron chi connectivity index (χ3n) is 5.64. The molecule has 1 aliphatic rings. The monoisotopic (exact) mass is 399 g/mol. The highest BCUT2D eigenvalue weighted by Gasteiger charge is 2.23. The van der Waals surface area contributed by atoms with Crippen LogP contribution in [0.25, 0.3) is 17.1 Å². The van der Waals surface area contributed by atoms with Gasteiger partial charge in [-0.15, -0.1) is 0 Å². The largest absolute Gasteiger partial charge is 0.325 e. The summed E-state index contributed by atoms with van der Waals surface area (Å²) in [6.45, 7) is 6.07. The number of aryl methyl sites for hydroxylation is 3. The Hall–Kier alpha value is -3.48. The van der Waals surface area contributed by atoms with Crippen molar-refractivity contribution >= 4 is 11.6 Å². The summed E-state index contributed by atoms with van der Waals surface area (Å²) in [4.78, 5) is 8.77. The van der Waals surface area contributed by atoms with Crippen molar-refractivity contribution in [1.29, 1.82) is 0 Å². The molecule has 0 amide bonds. The molecule has 0 atom stereocenters. The summed E-state index contributed by atoms with van der Waals surface area (Å²) in [5, 5.41) is 12.7. The summed E-state index contributed by atoms with van der Waals surface area (Å²) in [5.41, 5.74) is 6.62. The molecule has 3 heterocycles. The van der Waals surface area contributed by atoms with Gasteiger partial charge in [0.25, 0.3) is 0 Å². The molecule has 3 aromatic heterocycles. The molecule has 0 bridgehead atoms. The van der Waals surface area contributed by atoms with Gasteiger partial charge in [-0.1, -0.05) is 24.3 Å². The fraction of sp³-hybridized carbons (Fsp3) is 0.304. The van der Waals surface area contributed by atoms with Crippen LogP contribution >= 0.6 is 0 Å². The van der Waals surface area contributed by atoms with Gasteiger partial charge in [0.05, 0.1) is 11.4 Å². The first-order valence-electron chi connectivity index (χ1n) is 10.3. The van der Waals surface area contributed by atoms with Gasteiger partial charge < -0.3 is 5.32 Å². The molecular weight excluding hydrogens is 374 g/mol. The molecule has 1 aromatic carbocycles. The molecule has 0 saturated heterocycles. The highest BCUT2D eigenvalue weighted by atomic mass is 15.3. The zero-order valence-electron chi connectivity index (χ0n) is 17.7. The van der Waals surface area contributed by atoms with Crippen molar-refractivity contribution in [2.75, 3.05) is 5.32 Å². The third kappa shape index (κ3) is 3.36. The normalized spacial score (nSPS) is 13.6. The molecule has 0 spiro atoms. The van der Waals surface area contributed by atoms with Crippen LogP contribution in [0, 0.1) is 20.8 Å². The molecular formula is C23H25N7. The highest BCUT2D eigenvalue weighted by molar-refractivity contribution is 5.71. The molecule has 1 fully saturated rings. The molecule has 1 aliphatic carbocycles. The van der Waals surface area contributed by atoms with Gasteiger partial charge >= 0.3 is 0 Å². The van der Waals surface area contributed by atoms with Gasteiger partial charge in [0, 0.05) is 29.9 Å². The second kappa shape index (κ2) is 7.09. The van der Waals surface area contributed by atoms with E-state index in [4.69, 9.17) is 5.10 Å². The first kappa shape index (κ1) is 18.5. The standard InChI is InChI=1S/C23H25N7/c1-14-11-15(2)30(27-14)21-12-20(24-13-25-21)26-23-16(3)22(28-29(23)4)19-9-7-18(8-10-19)17-5-6-17/h7-13,17H,5-6H2,1-4H3,(H,24,25,26). The molecule has 0 radical (unpaired) electrons. The summed E-state index contributed by atoms with van der Waals surface area (Å²) >= 11 is 0. The van der Waals surface area contributed by atoms with E-state index in [1.54, 1.807) is 6.33 Å². The SMILES string of the molecule is Cc1cc(C)n(-c2cc(Nc3c(C)c(-c4ccc(C5CC5)cc4)nn3C)ncn2)n1. The highest BCUT2D eigenvalue weighted by Crippen LogP contribution is 2.40. The van der Waals surface area contributed by atoms with E-state index in [1.165, 1.54) is 18.4 Å². The van der Waals surface area contributed by atoms with E-state index in [0.717, 1.165) is 45.8 Å². The predicted octanol–water partition coefficient (Wildman–Crippen LogP) is 4.61. The van der Waals surface area contributed by atoms with Gasteiger partial charge in [-0.2, -0.15) is 10.2 Å². The zero-order valence-corrected chi connectivity index (χ0v) is 17.7. The molecule has 1 N–H and O–H groups in total. The second-order valence-corrected chi connectivity index (χ2v) is 8.07. The number of nitrogens with zero attached hydrogens (tertiary/aromatic N) is 6. The Morgan fingerprint density at radius 3 is 2.40 bits per heavy atom. The van der Waals surface area contributed by atoms with Crippen LogP contribution in [0.15, 0.2) is 42.7 Å². The minimum absolute atomic E-state index is 0.703. The second-order valence-electron chi connectivity index (χ2n) is 8.07. The zero-order chi connectivity index (χ0) is 20.8. The minimum Gasteiger partial charge on any atom is -0.325 e. The minimum atomic E-state index is 0.703. The van der Waals surface area contributed by atoms with Gasteiger partial charge in [-0.25, -0.2) is 14.6 Å². The summed E-state index contributed by atoms with van der Waals surface area (Å²) in [6.07, 6.45) is 4.18. The van der Waals surface area contributed by atoms with Crippen LogP contribution in [0.2, 0.25) is 0 Å². The number of benzene rings is 1. The van der Waals surface area contributed by atoms with Crippen LogP contribution in [0.5, 0.6) is 0 Å². The van der Waals surface area contributed by atoms with E-state index in [1.807, 2.05) is 42.4 Å². The Bertz CT molecular complexity index is 1210. The van der Waals surface area contributed by atoms with Crippen molar-refractivity contribution in [2.24, 2.45) is 7.05 Å². The summed E-state index contributed by atoms with van der Waals surface area (Å²) in [7, 11) is 1.94. The van der Waals surface area contributed by atoms with E-state index >= 15 is 0 Å². The van der Waals surface area contributed by atoms with Crippen LogP contribution in [0.4, 0.5) is 11.6 Å². The lowest BCUT2D eigenvalue weighted by Crippen LogP contribution is -2.06. The van der Waals surface area contributed by atoms with Crippen LogP contribution in [-0.2, 0) is 7.05 Å². The van der Waals surface area contributed by atoms with Crippen molar-refractivity contribution in [3.05, 3.63) is 65.2 Å². The topological polar surface area (TPSA) is 73.5 Å². The molecule has 7 heteroatoms. The molecule has 0 unspecified atom stereocenters. The van der Waals surface area contributed by atoms with Crippen LogP contribution in [0.3, 0.4) is 0 Å². The van der Waals surface area contributed by atoms with E-state index < -0.39 is 0 Å². The molecule has 4 aromatic rings. The molecule has 5 rings (SSSR count). The summed E-state index contributed by atoms with van der Waals surface area (Å²) in [5.74, 6) is 3.10. The first-order valence-corrected chi connectivity index (χ1v) is 10.3. The third-order valence-corrected chi connectivity index (χ3v) is 5.64. The van der Waals surface area contributed by atoms with E-state index in [2.05, 4.69) is 51.6 Å². The van der Waals surface area contributed by atoms with Gasteiger partial charge in [0.1, 0.15) is 18.0 Å². The number of nitrogens with one attached hydrogen (secondary N) is 1. The van der Waals surface area contributed by atoms with Gasteiger partial charge in [-0.05, 0) is 51.2 Å². The van der Waals surface area contributed by atoms with E-state index in [0.29, 0.717) is 5.82 Å². The molecule has 152 valence electrons. The Morgan fingerprint density at radius 1 is 0.967 bits per heavy atom. The van der Waals surface area contributed by atoms with Gasteiger partial charge in [0.15, 0.2) is 5.82 Å². The van der Waals surface area contributed by atoms with Gasteiger partial charge in [0.2, 0.25) is 0 Å². The average Bonchev–Trinajstić information content (AvgIpc) is 3.48. The molecule has 30 heavy (non-hydrogen) atoms. The number of hydrogen-bond donors (Lipinski definition) is 1. The lowest BCUT2D eigenvalue weighted by Gasteiger charge is -2.09. The maximum atomic E-state index is 4.76. The maximum absolute atomic E-state index is 4.76. The van der Waals surface area contributed by atoms with Crippen molar-refractivity contribution in [1.82, 2.24) is 29.5 Å². The Balaban J connectivity index is 1.44. The predicted molar refractivity (Wildman–Crippen MR) is 117 cm³/mol. The van der Waals surface area contributed by atoms with E-state index in [-0.39, 0.29) is 0 Å². The van der Waals surface area contributed by atoms with E-state index in [9.17, 15) is 0 Å². The number of hydrogen-bond acceptors (Lipinski definition) is 5. The number of anilines is 2. The number of rotatable bonds is 5. The fourth-order valence-electron chi connectivity index (χ4n) is 3.92. The van der Waals surface area contributed by atoms with Crippen molar-refractivity contribution in [2.45, 2.75) is 39.5 Å². The van der Waals surface area contributed by atoms with Crippen molar-refractivity contribution < 1.29 is 0 Å². The maximum Gasteiger partial charge on any atom is 0.159 e. The summed E-state index contributed by atoms with van der Waals surface area (Å²) < 4.78 is 3.69. The Morgan fingerprint density at radius 2 is 1.73 bits per heavy atom. The Kier molecular flexibility index (Phi) is 4.38. The quantitative estimate of drug-likeness (QED) is 0.530. The molecule has 7 nitrogen and oxygen atoms in total. The number of aromatic nitrogens is 6. The van der Waals surface area contributed by atoms with Crippen LogP contribution < -0.4 is 5.32 Å². The Labute approximate surface area is 175 Å². The summed E-state index contributed by atoms with van der Waals surface area (Å²) in [6, 6.07) is 12.8.